The van der Waals surface area contributed by atoms with E-state index in [9.17, 15) is 12.8 Å². The fourth-order valence-electron chi connectivity index (χ4n) is 3.80. The molecule has 172 valence electrons. The van der Waals surface area contributed by atoms with Crippen molar-refractivity contribution < 1.29 is 12.8 Å². The Hall–Kier alpha value is -2.39. The molecule has 10 heteroatoms. The molecule has 33 heavy (non-hydrogen) atoms. The third-order valence-corrected chi connectivity index (χ3v) is 7.88. The van der Waals surface area contributed by atoms with E-state index >= 15 is 0 Å². The highest BCUT2D eigenvalue weighted by Crippen LogP contribution is 2.36. The van der Waals surface area contributed by atoms with E-state index in [-0.39, 0.29) is 16.8 Å². The van der Waals surface area contributed by atoms with Crippen LogP contribution in [0.1, 0.15) is 18.9 Å². The second-order valence-corrected chi connectivity index (χ2v) is 10.8. The van der Waals surface area contributed by atoms with Crippen LogP contribution in [0.2, 0.25) is 10.0 Å². The molecular weight excluding hydrogens is 504 g/mol. The quantitative estimate of drug-likeness (QED) is 0.383. The second-order valence-electron chi connectivity index (χ2n) is 7.72. The number of aryl methyl sites for hydroxylation is 1. The van der Waals surface area contributed by atoms with Gasteiger partial charge in [-0.1, -0.05) is 23.2 Å². The van der Waals surface area contributed by atoms with Crippen LogP contribution in [-0.2, 0) is 16.4 Å². The lowest BCUT2D eigenvalue weighted by molar-refractivity contribution is 0.560. The number of rotatable bonds is 4. The maximum absolute atomic E-state index is 13.7. The average Bonchev–Trinajstić information content (AvgIpc) is 2.73. The van der Waals surface area contributed by atoms with E-state index in [4.69, 9.17) is 35.4 Å². The largest absolute Gasteiger partial charge is 0.332 e. The van der Waals surface area contributed by atoms with Crippen molar-refractivity contribution in [3.05, 3.63) is 82.1 Å². The minimum Gasteiger partial charge on any atom is -0.332 e. The fraction of sp³-hybridized carbons (Fsp3) is 0.174. The number of hydrogen-bond donors (Lipinski definition) is 2. The molecule has 0 aromatic heterocycles. The maximum atomic E-state index is 13.7. The van der Waals surface area contributed by atoms with Crippen LogP contribution in [0.5, 0.6) is 0 Å². The number of thiocarbonyl (C=S) groups is 1. The van der Waals surface area contributed by atoms with Gasteiger partial charge in [0.25, 0.3) is 10.0 Å². The third-order valence-electron chi connectivity index (χ3n) is 5.30. The van der Waals surface area contributed by atoms with Crippen LogP contribution in [0.4, 0.5) is 21.5 Å². The highest BCUT2D eigenvalue weighted by Gasteiger charge is 2.34. The monoisotopic (exact) mass is 523 g/mol. The number of anilines is 3. The number of nitrogens with zero attached hydrogens (tertiary/aromatic N) is 1. The van der Waals surface area contributed by atoms with Gasteiger partial charge in [-0.05, 0) is 98.2 Å². The van der Waals surface area contributed by atoms with Crippen molar-refractivity contribution in [1.29, 1.82) is 0 Å². The van der Waals surface area contributed by atoms with Gasteiger partial charge < -0.3 is 10.6 Å². The van der Waals surface area contributed by atoms with E-state index in [1.165, 1.54) is 34.6 Å². The molecule has 0 amide bonds. The number of benzene rings is 3. The van der Waals surface area contributed by atoms with Gasteiger partial charge in [-0.3, -0.25) is 4.31 Å². The van der Waals surface area contributed by atoms with Crippen molar-refractivity contribution in [3.63, 3.8) is 0 Å². The lowest BCUT2D eigenvalue weighted by Gasteiger charge is -2.36. The van der Waals surface area contributed by atoms with Gasteiger partial charge in [-0.2, -0.15) is 0 Å². The van der Waals surface area contributed by atoms with Gasteiger partial charge in [0, 0.05) is 27.5 Å². The first-order valence-corrected chi connectivity index (χ1v) is 12.7. The molecule has 5 nitrogen and oxygen atoms in total. The number of fused-ring (bicyclic) bond motifs is 1. The van der Waals surface area contributed by atoms with Gasteiger partial charge in [-0.15, -0.1) is 0 Å². The van der Waals surface area contributed by atoms with Gasteiger partial charge in [0.05, 0.1) is 10.6 Å². The van der Waals surface area contributed by atoms with Crippen LogP contribution >= 0.6 is 35.4 Å². The molecule has 1 atom stereocenters. The molecule has 4 rings (SSSR count). The van der Waals surface area contributed by atoms with Crippen molar-refractivity contribution in [3.8, 4) is 0 Å². The number of sulfonamides is 1. The molecule has 3 aromatic carbocycles. The topological polar surface area (TPSA) is 61.4 Å². The Kier molecular flexibility index (Phi) is 6.81. The predicted octanol–water partition coefficient (Wildman–Crippen LogP) is 6.47. The van der Waals surface area contributed by atoms with Gasteiger partial charge in [0.1, 0.15) is 5.82 Å². The molecule has 0 saturated carbocycles. The van der Waals surface area contributed by atoms with Crippen LogP contribution < -0.4 is 14.9 Å². The van der Waals surface area contributed by atoms with Gasteiger partial charge >= 0.3 is 0 Å². The Morgan fingerprint density at radius 2 is 1.64 bits per heavy atom. The molecule has 1 aliphatic rings. The van der Waals surface area contributed by atoms with Crippen LogP contribution in [0.15, 0.2) is 65.6 Å². The fourth-order valence-corrected chi connectivity index (χ4v) is 6.28. The van der Waals surface area contributed by atoms with Gasteiger partial charge in [0.2, 0.25) is 0 Å². The van der Waals surface area contributed by atoms with Crippen molar-refractivity contribution in [1.82, 2.24) is 0 Å². The number of halogens is 3. The Morgan fingerprint density at radius 1 is 1.00 bits per heavy atom. The summed E-state index contributed by atoms with van der Waals surface area (Å²) in [5, 5.41) is 7.22. The SMILES string of the molecule is C[C@@H]1CCc2cc(F)ccc2N1S(=O)(=O)c1ccc(NC(=S)Nc2cc(Cl)cc(Cl)c2)cc1. The van der Waals surface area contributed by atoms with E-state index in [1.807, 2.05) is 6.92 Å². The smallest absolute Gasteiger partial charge is 0.264 e. The molecule has 0 unspecified atom stereocenters. The first kappa shape index (κ1) is 23.8. The summed E-state index contributed by atoms with van der Waals surface area (Å²) in [6.07, 6.45) is 1.24. The second kappa shape index (κ2) is 9.46. The summed E-state index contributed by atoms with van der Waals surface area (Å²) in [5.74, 6) is -0.374. The van der Waals surface area contributed by atoms with Crippen LogP contribution in [0, 0.1) is 5.82 Å². The molecule has 0 bridgehead atoms. The van der Waals surface area contributed by atoms with E-state index < -0.39 is 10.0 Å². The zero-order chi connectivity index (χ0) is 23.8. The summed E-state index contributed by atoms with van der Waals surface area (Å²) in [6.45, 7) is 1.85. The number of nitrogens with one attached hydrogen (secondary N) is 2. The summed E-state index contributed by atoms with van der Waals surface area (Å²) < 4.78 is 41.9. The highest BCUT2D eigenvalue weighted by atomic mass is 35.5. The standard InChI is InChI=1S/C23H20Cl2FN3O2S2/c1-14-2-3-15-10-18(26)4-9-22(15)29(14)33(30,31)21-7-5-19(6-8-21)27-23(32)28-20-12-16(24)11-17(25)13-20/h4-14H,2-3H2,1H3,(H2,27,28,32)/t14-/m1/s1. The Bertz CT molecular complexity index is 1300. The molecule has 2 N–H and O–H groups in total. The summed E-state index contributed by atoms with van der Waals surface area (Å²) in [6, 6.07) is 15.2. The van der Waals surface area contributed by atoms with Crippen molar-refractivity contribution in [2.75, 3.05) is 14.9 Å². The normalized spacial score (nSPS) is 15.6. The minimum absolute atomic E-state index is 0.137. The van der Waals surface area contributed by atoms with Crippen LogP contribution in [0.3, 0.4) is 0 Å². The van der Waals surface area contributed by atoms with Gasteiger partial charge in [-0.25, -0.2) is 12.8 Å². The molecular formula is C23H20Cl2FN3O2S2. The Balaban J connectivity index is 1.52. The molecule has 3 aromatic rings. The Morgan fingerprint density at radius 3 is 2.30 bits per heavy atom. The first-order valence-electron chi connectivity index (χ1n) is 10.1. The molecule has 0 spiro atoms. The van der Waals surface area contributed by atoms with E-state index in [0.717, 1.165) is 0 Å². The average molecular weight is 524 g/mol. The molecule has 1 aliphatic heterocycles. The van der Waals surface area contributed by atoms with Crippen molar-refractivity contribution >= 4 is 67.6 Å². The number of hydrogen-bond acceptors (Lipinski definition) is 3. The molecule has 0 aliphatic carbocycles. The summed E-state index contributed by atoms with van der Waals surface area (Å²) in [4.78, 5) is 0.137. The van der Waals surface area contributed by atoms with Crippen molar-refractivity contribution in [2.45, 2.75) is 30.7 Å². The summed E-state index contributed by atoms with van der Waals surface area (Å²) in [5.41, 5.74) is 2.43. The van der Waals surface area contributed by atoms with E-state index in [2.05, 4.69) is 10.6 Å². The minimum atomic E-state index is -3.84. The lowest BCUT2D eigenvalue weighted by Crippen LogP contribution is -2.42. The highest BCUT2D eigenvalue weighted by molar-refractivity contribution is 7.92. The van der Waals surface area contributed by atoms with Gasteiger partial charge in [0.15, 0.2) is 5.11 Å². The molecule has 1 heterocycles. The van der Waals surface area contributed by atoms with Crippen LogP contribution in [-0.4, -0.2) is 19.6 Å². The first-order chi connectivity index (χ1) is 15.6. The lowest BCUT2D eigenvalue weighted by atomic mass is 9.99. The zero-order valence-corrected chi connectivity index (χ0v) is 20.6. The van der Waals surface area contributed by atoms with E-state index in [1.54, 1.807) is 30.3 Å². The summed E-state index contributed by atoms with van der Waals surface area (Å²) in [7, 11) is -3.84. The third kappa shape index (κ3) is 5.24. The molecule has 0 radical (unpaired) electrons. The maximum Gasteiger partial charge on any atom is 0.264 e. The summed E-state index contributed by atoms with van der Waals surface area (Å²) >= 11 is 17.3. The predicted molar refractivity (Wildman–Crippen MR) is 137 cm³/mol. The molecule has 0 fully saturated rings. The Labute approximate surface area is 207 Å². The van der Waals surface area contributed by atoms with E-state index in [0.29, 0.717) is 50.6 Å². The van der Waals surface area contributed by atoms with Crippen molar-refractivity contribution in [2.24, 2.45) is 0 Å². The molecule has 0 saturated heterocycles. The zero-order valence-electron chi connectivity index (χ0n) is 17.5. The van der Waals surface area contributed by atoms with Crippen LogP contribution in [0.25, 0.3) is 0 Å².